The molecule has 8 nitrogen and oxygen atoms in total. The zero-order chi connectivity index (χ0) is 19.4. The highest BCUT2D eigenvalue weighted by molar-refractivity contribution is 5.97. The summed E-state index contributed by atoms with van der Waals surface area (Å²) in [5.74, 6) is -1.94. The minimum Gasteiger partial charge on any atom is -0.480 e. The Morgan fingerprint density at radius 1 is 1.38 bits per heavy atom. The van der Waals surface area contributed by atoms with E-state index >= 15 is 0 Å². The smallest absolute Gasteiger partial charge is 0.435 e. The second-order valence-corrected chi connectivity index (χ2v) is 6.10. The van der Waals surface area contributed by atoms with E-state index in [-0.39, 0.29) is 29.5 Å². The van der Waals surface area contributed by atoms with Crippen LogP contribution in [-0.4, -0.2) is 42.1 Å². The molecule has 0 spiro atoms. The molecule has 140 valence electrons. The molecule has 0 aromatic carbocycles. The van der Waals surface area contributed by atoms with Gasteiger partial charge in [0, 0.05) is 12.1 Å². The number of amides is 1. The van der Waals surface area contributed by atoms with E-state index in [4.69, 9.17) is 5.11 Å². The van der Waals surface area contributed by atoms with Gasteiger partial charge in [-0.05, 0) is 13.3 Å². The van der Waals surface area contributed by atoms with Crippen LogP contribution in [0, 0.1) is 0 Å². The summed E-state index contributed by atoms with van der Waals surface area (Å²) in [6.45, 7) is 2.74. The number of rotatable bonds is 4. The van der Waals surface area contributed by atoms with Gasteiger partial charge in [-0.2, -0.15) is 22.8 Å². The van der Waals surface area contributed by atoms with Gasteiger partial charge in [0.2, 0.25) is 0 Å². The molecule has 2 aromatic heterocycles. The van der Waals surface area contributed by atoms with Crippen molar-refractivity contribution in [2.75, 3.05) is 0 Å². The Labute approximate surface area is 144 Å². The molecular formula is C15H15F3N4O4. The topological polar surface area (TPSA) is 96.9 Å². The van der Waals surface area contributed by atoms with Gasteiger partial charge in [-0.25, -0.2) is 0 Å². The minimum atomic E-state index is -4.81. The summed E-state index contributed by atoms with van der Waals surface area (Å²) >= 11 is 0. The number of fused-ring (bicyclic) bond motifs is 2. The van der Waals surface area contributed by atoms with E-state index in [0.29, 0.717) is 17.0 Å². The maximum atomic E-state index is 13.0. The SMILES string of the molecule is CC[C@H](C)N1Cc2c(n(CC(=O)O)c3cc(C(F)(F)F)nn3c2=O)C1=O. The molecule has 1 atom stereocenters. The summed E-state index contributed by atoms with van der Waals surface area (Å²) in [6.07, 6.45) is -4.21. The lowest BCUT2D eigenvalue weighted by molar-refractivity contribution is -0.141. The Bertz CT molecular complexity index is 976. The Hall–Kier alpha value is -2.85. The van der Waals surface area contributed by atoms with Gasteiger partial charge in [-0.15, -0.1) is 0 Å². The molecule has 26 heavy (non-hydrogen) atoms. The zero-order valence-electron chi connectivity index (χ0n) is 13.9. The maximum Gasteiger partial charge on any atom is 0.435 e. The number of aliphatic carboxylic acids is 1. The lowest BCUT2D eigenvalue weighted by atomic mass is 10.2. The number of carboxylic acid groups (broad SMARTS) is 1. The van der Waals surface area contributed by atoms with Crippen LogP contribution in [-0.2, 0) is 24.1 Å². The number of nitrogens with zero attached hydrogens (tertiary/aromatic N) is 4. The highest BCUT2D eigenvalue weighted by Crippen LogP contribution is 2.30. The Morgan fingerprint density at radius 2 is 2.04 bits per heavy atom. The summed E-state index contributed by atoms with van der Waals surface area (Å²) < 4.78 is 40.3. The summed E-state index contributed by atoms with van der Waals surface area (Å²) in [6, 6.07) is 0.356. The van der Waals surface area contributed by atoms with E-state index in [2.05, 4.69) is 5.10 Å². The van der Waals surface area contributed by atoms with Crippen LogP contribution in [0.2, 0.25) is 0 Å². The number of alkyl halides is 3. The lowest BCUT2D eigenvalue weighted by Gasteiger charge is -2.22. The molecule has 3 rings (SSSR count). The van der Waals surface area contributed by atoms with Crippen molar-refractivity contribution in [3.05, 3.63) is 33.4 Å². The maximum absolute atomic E-state index is 13.0. The first-order valence-electron chi connectivity index (χ1n) is 7.81. The van der Waals surface area contributed by atoms with Gasteiger partial charge in [0.1, 0.15) is 17.9 Å². The van der Waals surface area contributed by atoms with E-state index in [9.17, 15) is 27.6 Å². The molecule has 1 aliphatic heterocycles. The third-order valence-corrected chi connectivity index (χ3v) is 4.47. The largest absolute Gasteiger partial charge is 0.480 e. The van der Waals surface area contributed by atoms with Crippen molar-refractivity contribution in [3.63, 3.8) is 0 Å². The van der Waals surface area contributed by atoms with Gasteiger partial charge in [0.05, 0.1) is 12.1 Å². The van der Waals surface area contributed by atoms with E-state index in [1.165, 1.54) is 4.90 Å². The number of carboxylic acids is 1. The fourth-order valence-corrected chi connectivity index (χ4v) is 2.99. The van der Waals surface area contributed by atoms with Crippen molar-refractivity contribution in [2.45, 2.75) is 45.6 Å². The van der Waals surface area contributed by atoms with Crippen molar-refractivity contribution in [3.8, 4) is 0 Å². The van der Waals surface area contributed by atoms with Gasteiger partial charge in [-0.1, -0.05) is 6.92 Å². The summed E-state index contributed by atoms with van der Waals surface area (Å²) in [5, 5.41) is 12.4. The average Bonchev–Trinajstić information content (AvgIpc) is 3.13. The van der Waals surface area contributed by atoms with Crippen molar-refractivity contribution in [2.24, 2.45) is 0 Å². The number of hydrogen-bond acceptors (Lipinski definition) is 4. The Kier molecular flexibility index (Phi) is 4.04. The normalized spacial score (nSPS) is 15.6. The van der Waals surface area contributed by atoms with E-state index in [1.54, 1.807) is 6.92 Å². The molecule has 0 fully saturated rings. The number of aromatic nitrogens is 3. The van der Waals surface area contributed by atoms with E-state index in [1.807, 2.05) is 6.92 Å². The second-order valence-electron chi connectivity index (χ2n) is 6.10. The van der Waals surface area contributed by atoms with Crippen LogP contribution in [0.4, 0.5) is 13.2 Å². The Morgan fingerprint density at radius 3 is 2.58 bits per heavy atom. The molecule has 0 unspecified atom stereocenters. The van der Waals surface area contributed by atoms with Gasteiger partial charge in [-0.3, -0.25) is 14.4 Å². The molecule has 11 heteroatoms. The highest BCUT2D eigenvalue weighted by atomic mass is 19.4. The molecule has 0 bridgehead atoms. The fourth-order valence-electron chi connectivity index (χ4n) is 2.99. The van der Waals surface area contributed by atoms with Crippen molar-refractivity contribution >= 4 is 17.5 Å². The number of hydrogen-bond donors (Lipinski definition) is 1. The van der Waals surface area contributed by atoms with Crippen LogP contribution in [0.15, 0.2) is 10.9 Å². The molecule has 2 aromatic rings. The monoisotopic (exact) mass is 372 g/mol. The van der Waals surface area contributed by atoms with Crippen LogP contribution in [0.3, 0.4) is 0 Å². The first kappa shape index (κ1) is 18.0. The quantitative estimate of drug-likeness (QED) is 0.874. The highest BCUT2D eigenvalue weighted by Gasteiger charge is 2.39. The zero-order valence-corrected chi connectivity index (χ0v) is 13.9. The van der Waals surface area contributed by atoms with Crippen molar-refractivity contribution in [1.82, 2.24) is 19.1 Å². The molecule has 0 aliphatic carbocycles. The molecule has 1 amide bonds. The first-order valence-corrected chi connectivity index (χ1v) is 7.81. The molecular weight excluding hydrogens is 357 g/mol. The van der Waals surface area contributed by atoms with Gasteiger partial charge in [0.25, 0.3) is 11.5 Å². The third-order valence-electron chi connectivity index (χ3n) is 4.47. The molecule has 0 radical (unpaired) electrons. The fraction of sp³-hybridized carbons (Fsp3) is 0.467. The number of carbonyl (C=O) groups is 2. The minimum absolute atomic E-state index is 0.0547. The number of carbonyl (C=O) groups excluding carboxylic acids is 1. The van der Waals surface area contributed by atoms with E-state index in [0.717, 1.165) is 4.57 Å². The van der Waals surface area contributed by atoms with Crippen LogP contribution in [0.5, 0.6) is 0 Å². The van der Waals surface area contributed by atoms with Crippen LogP contribution in [0.1, 0.15) is 42.0 Å². The standard InChI is InChI=1S/C15H15F3N4O4/c1-3-7(2)20-5-8-12(14(20)26)21(6-11(23)24)10-4-9(15(16,17)18)19-22(10)13(8)25/h4,7H,3,5-6H2,1-2H3,(H,23,24)/t7-/m0/s1. The van der Waals surface area contributed by atoms with E-state index < -0.39 is 35.9 Å². The predicted octanol–water partition coefficient (Wildman–Crippen LogP) is 1.35. The third kappa shape index (κ3) is 2.63. The second kappa shape index (κ2) is 5.85. The first-order chi connectivity index (χ1) is 12.1. The van der Waals surface area contributed by atoms with Crippen LogP contribution >= 0.6 is 0 Å². The Balaban J connectivity index is 2.32. The molecule has 1 N–H and O–H groups in total. The lowest BCUT2D eigenvalue weighted by Crippen LogP contribution is -2.33. The molecule has 0 saturated heterocycles. The molecule has 1 aliphatic rings. The molecule has 3 heterocycles. The van der Waals surface area contributed by atoms with Gasteiger partial charge < -0.3 is 14.6 Å². The summed E-state index contributed by atoms with van der Waals surface area (Å²) in [4.78, 5) is 37.9. The van der Waals surface area contributed by atoms with Gasteiger partial charge in [0.15, 0.2) is 5.69 Å². The predicted molar refractivity (Wildman–Crippen MR) is 81.7 cm³/mol. The average molecular weight is 372 g/mol. The molecule has 0 saturated carbocycles. The van der Waals surface area contributed by atoms with Gasteiger partial charge >= 0.3 is 12.1 Å². The number of halogens is 3. The van der Waals surface area contributed by atoms with Crippen LogP contribution < -0.4 is 5.56 Å². The van der Waals surface area contributed by atoms with Crippen LogP contribution in [0.25, 0.3) is 5.65 Å². The van der Waals surface area contributed by atoms with Crippen molar-refractivity contribution < 1.29 is 27.9 Å². The summed E-state index contributed by atoms with van der Waals surface area (Å²) in [5.41, 5.74) is -2.82. The van der Waals surface area contributed by atoms with Crippen molar-refractivity contribution in [1.29, 1.82) is 0 Å². The summed E-state index contributed by atoms with van der Waals surface area (Å²) in [7, 11) is 0.